The van der Waals surface area contributed by atoms with E-state index in [0.717, 1.165) is 25.7 Å². The second-order valence-corrected chi connectivity index (χ2v) is 13.5. The number of hydrogen-bond acceptors (Lipinski definition) is 2. The van der Waals surface area contributed by atoms with Crippen molar-refractivity contribution in [2.75, 3.05) is 6.61 Å². The number of aliphatic hydroxyl groups is 2. The van der Waals surface area contributed by atoms with Crippen LogP contribution >= 0.6 is 0 Å². The van der Waals surface area contributed by atoms with Crippen molar-refractivity contribution < 1.29 is 10.2 Å². The van der Waals surface area contributed by atoms with Gasteiger partial charge in [0.2, 0.25) is 0 Å². The maximum absolute atomic E-state index is 10.8. The number of hydrogen-bond donors (Lipinski definition) is 2. The molecule has 0 aromatic carbocycles. The lowest BCUT2D eigenvalue weighted by molar-refractivity contribution is -0.0966. The van der Waals surface area contributed by atoms with Gasteiger partial charge in [-0.15, -0.1) is 0 Å². The molecule has 2 nitrogen and oxygen atoms in total. The molecule has 0 spiro atoms. The maximum atomic E-state index is 10.8. The summed E-state index contributed by atoms with van der Waals surface area (Å²) in [6, 6.07) is 0. The largest absolute Gasteiger partial charge is 0.396 e. The van der Waals surface area contributed by atoms with Crippen LogP contribution in [0.25, 0.3) is 0 Å². The Hall–Kier alpha value is -0.600. The number of rotatable bonds is 5. The van der Waals surface area contributed by atoms with Crippen molar-refractivity contribution in [3.63, 3.8) is 0 Å². The van der Waals surface area contributed by atoms with Gasteiger partial charge in [-0.25, -0.2) is 0 Å². The molecule has 0 bridgehead atoms. The van der Waals surface area contributed by atoms with E-state index in [1.807, 2.05) is 0 Å². The Kier molecular flexibility index (Phi) is 6.33. The van der Waals surface area contributed by atoms with Gasteiger partial charge in [-0.3, -0.25) is 0 Å². The summed E-state index contributed by atoms with van der Waals surface area (Å²) < 4.78 is 0. The smallest absolute Gasteiger partial charge is 0.0594 e. The highest BCUT2D eigenvalue weighted by molar-refractivity contribution is 5.38. The Morgan fingerprint density at radius 1 is 0.969 bits per heavy atom. The van der Waals surface area contributed by atoms with Gasteiger partial charge in [0.1, 0.15) is 0 Å². The van der Waals surface area contributed by atoms with E-state index >= 15 is 0 Å². The van der Waals surface area contributed by atoms with E-state index in [9.17, 15) is 10.2 Å². The standard InChI is InChI=1S/C30H50O2/c1-20(2)9-8-10-21(19-31)22-13-17-30(7)24-11-12-25-27(3,4)26(32)15-16-28(25,5)23(24)14-18-29(22,30)6/h9,21-22,25-26,31-32H,8,10-19H2,1-7H3. The van der Waals surface area contributed by atoms with Crippen LogP contribution in [0, 0.1) is 39.4 Å². The van der Waals surface area contributed by atoms with Crippen molar-refractivity contribution >= 4 is 0 Å². The van der Waals surface area contributed by atoms with Crippen LogP contribution < -0.4 is 0 Å². The lowest BCUT2D eigenvalue weighted by atomic mass is 9.43. The molecule has 0 saturated heterocycles. The highest BCUT2D eigenvalue weighted by Gasteiger charge is 2.63. The van der Waals surface area contributed by atoms with Crippen LogP contribution in [0.5, 0.6) is 0 Å². The van der Waals surface area contributed by atoms with Crippen molar-refractivity contribution in [1.82, 2.24) is 0 Å². The molecule has 2 heteroatoms. The van der Waals surface area contributed by atoms with Gasteiger partial charge in [0, 0.05) is 6.61 Å². The fourth-order valence-electron chi connectivity index (χ4n) is 9.48. The molecule has 0 aromatic heterocycles. The summed E-state index contributed by atoms with van der Waals surface area (Å²) >= 11 is 0. The Labute approximate surface area is 198 Å². The molecule has 4 aliphatic carbocycles. The van der Waals surface area contributed by atoms with E-state index in [0.29, 0.717) is 29.8 Å². The van der Waals surface area contributed by atoms with Crippen LogP contribution in [0.1, 0.15) is 113 Å². The fraction of sp³-hybridized carbons (Fsp3) is 0.867. The monoisotopic (exact) mass is 442 g/mol. The molecular formula is C30H50O2. The Morgan fingerprint density at radius 3 is 2.34 bits per heavy atom. The van der Waals surface area contributed by atoms with Gasteiger partial charge in [-0.05, 0) is 117 Å². The van der Waals surface area contributed by atoms with Crippen LogP contribution in [0.2, 0.25) is 0 Å². The van der Waals surface area contributed by atoms with Crippen molar-refractivity contribution in [2.45, 2.75) is 119 Å². The third-order valence-corrected chi connectivity index (χ3v) is 11.7. The first-order chi connectivity index (χ1) is 14.9. The molecule has 4 rings (SSSR count). The minimum Gasteiger partial charge on any atom is -0.396 e. The first kappa shape index (κ1) is 24.5. The summed E-state index contributed by atoms with van der Waals surface area (Å²) in [6.45, 7) is 17.1. The van der Waals surface area contributed by atoms with E-state index in [-0.39, 0.29) is 22.3 Å². The van der Waals surface area contributed by atoms with Crippen molar-refractivity contribution in [3.8, 4) is 0 Å². The van der Waals surface area contributed by atoms with Gasteiger partial charge in [-0.1, -0.05) is 57.4 Å². The third kappa shape index (κ3) is 3.41. The molecule has 32 heavy (non-hydrogen) atoms. The highest BCUT2D eigenvalue weighted by Crippen LogP contribution is 2.72. The third-order valence-electron chi connectivity index (χ3n) is 11.7. The average molecular weight is 443 g/mol. The molecule has 2 fully saturated rings. The fourth-order valence-corrected chi connectivity index (χ4v) is 9.48. The minimum absolute atomic E-state index is 0.0122. The maximum Gasteiger partial charge on any atom is 0.0594 e. The van der Waals surface area contributed by atoms with Gasteiger partial charge < -0.3 is 10.2 Å². The summed E-state index contributed by atoms with van der Waals surface area (Å²) in [7, 11) is 0. The number of allylic oxidation sites excluding steroid dienone is 4. The van der Waals surface area contributed by atoms with Gasteiger partial charge >= 0.3 is 0 Å². The molecule has 2 N–H and O–H groups in total. The van der Waals surface area contributed by atoms with E-state index in [4.69, 9.17) is 0 Å². The van der Waals surface area contributed by atoms with Crippen molar-refractivity contribution in [2.24, 2.45) is 39.4 Å². The SMILES string of the molecule is CC(C)=CCCC(CO)C1CCC2(C)C3=C(CCC12C)C1(C)CCC(O)C(C)(C)C1CC3. The first-order valence-electron chi connectivity index (χ1n) is 13.6. The second kappa shape index (κ2) is 8.26. The van der Waals surface area contributed by atoms with Crippen LogP contribution in [0.15, 0.2) is 22.8 Å². The molecule has 0 radical (unpaired) electrons. The predicted molar refractivity (Wildman–Crippen MR) is 134 cm³/mol. The zero-order chi connectivity index (χ0) is 23.5. The molecular weight excluding hydrogens is 392 g/mol. The highest BCUT2D eigenvalue weighted by atomic mass is 16.3. The molecule has 7 atom stereocenters. The first-order valence-corrected chi connectivity index (χ1v) is 13.6. The van der Waals surface area contributed by atoms with Crippen molar-refractivity contribution in [1.29, 1.82) is 0 Å². The summed E-state index contributed by atoms with van der Waals surface area (Å²) in [5.74, 6) is 1.65. The lowest BCUT2D eigenvalue weighted by Crippen LogP contribution is -2.55. The van der Waals surface area contributed by atoms with Gasteiger partial charge in [0.05, 0.1) is 6.10 Å². The van der Waals surface area contributed by atoms with Crippen LogP contribution in [-0.2, 0) is 0 Å². The van der Waals surface area contributed by atoms with E-state index < -0.39 is 0 Å². The number of aliphatic hydroxyl groups excluding tert-OH is 2. The molecule has 0 aromatic rings. The molecule has 2 saturated carbocycles. The summed E-state index contributed by atoms with van der Waals surface area (Å²) in [6.07, 6.45) is 14.1. The molecule has 0 amide bonds. The molecule has 0 heterocycles. The Bertz CT molecular complexity index is 787. The van der Waals surface area contributed by atoms with Crippen LogP contribution in [-0.4, -0.2) is 22.9 Å². The van der Waals surface area contributed by atoms with Gasteiger partial charge in [-0.2, -0.15) is 0 Å². The van der Waals surface area contributed by atoms with Gasteiger partial charge in [0.25, 0.3) is 0 Å². The van der Waals surface area contributed by atoms with Gasteiger partial charge in [0.15, 0.2) is 0 Å². The zero-order valence-electron chi connectivity index (χ0n) is 22.1. The average Bonchev–Trinajstić information content (AvgIpc) is 3.00. The van der Waals surface area contributed by atoms with E-state index in [1.54, 1.807) is 11.1 Å². The summed E-state index contributed by atoms with van der Waals surface area (Å²) in [5.41, 5.74) is 5.85. The molecule has 7 unspecified atom stereocenters. The predicted octanol–water partition coefficient (Wildman–Crippen LogP) is 7.45. The lowest BCUT2D eigenvalue weighted by Gasteiger charge is -2.62. The molecule has 182 valence electrons. The normalized spacial score (nSPS) is 43.8. The topological polar surface area (TPSA) is 40.5 Å². The quantitative estimate of drug-likeness (QED) is 0.434. The summed E-state index contributed by atoms with van der Waals surface area (Å²) in [5, 5.41) is 21.2. The summed E-state index contributed by atoms with van der Waals surface area (Å²) in [4.78, 5) is 0. The van der Waals surface area contributed by atoms with E-state index in [1.165, 1.54) is 44.1 Å². The van der Waals surface area contributed by atoms with Crippen LogP contribution in [0.4, 0.5) is 0 Å². The molecule has 4 aliphatic rings. The van der Waals surface area contributed by atoms with Crippen LogP contribution in [0.3, 0.4) is 0 Å². The molecule has 0 aliphatic heterocycles. The minimum atomic E-state index is -0.158. The van der Waals surface area contributed by atoms with E-state index in [2.05, 4.69) is 54.5 Å². The van der Waals surface area contributed by atoms with Crippen molar-refractivity contribution in [3.05, 3.63) is 22.8 Å². The Morgan fingerprint density at radius 2 is 1.69 bits per heavy atom. The number of fused-ring (bicyclic) bond motifs is 4. The Balaban J connectivity index is 1.66. The zero-order valence-corrected chi connectivity index (χ0v) is 22.1. The second-order valence-electron chi connectivity index (χ2n) is 13.5.